The topological polar surface area (TPSA) is 40.5 Å². The Labute approximate surface area is 70.3 Å². The monoisotopic (exact) mass is 162 g/mol. The molecule has 0 amide bonds. The molecule has 0 aliphatic carbocycles. The van der Waals surface area contributed by atoms with Crippen molar-refractivity contribution in [3.05, 3.63) is 0 Å². The number of unbranched alkanes of at least 4 members (excludes halogenated alkanes) is 3. The van der Waals surface area contributed by atoms with E-state index in [1.165, 1.54) is 25.7 Å². The van der Waals surface area contributed by atoms with Gasteiger partial charge >= 0.3 is 0 Å². The van der Waals surface area contributed by atoms with Crippen LogP contribution in [0.15, 0.2) is 0 Å². The Morgan fingerprint density at radius 2 is 1.64 bits per heavy atom. The van der Waals surface area contributed by atoms with Gasteiger partial charge in [0.1, 0.15) is 0 Å². The molecule has 0 spiro atoms. The fraction of sp³-hybridized carbons (Fsp3) is 1.00. The standard InChI is InChI=1S/C8H18O.CH4O/c1-3-4-5-6-7-8(2)9;1-2/h8-9H,3-7H2,1-2H3;2H,1H3. The molecule has 0 fully saturated rings. The van der Waals surface area contributed by atoms with Crippen LogP contribution in [0.3, 0.4) is 0 Å². The first-order chi connectivity index (χ1) is 5.27. The van der Waals surface area contributed by atoms with Gasteiger partial charge in [-0.2, -0.15) is 0 Å². The third kappa shape index (κ3) is 17.8. The van der Waals surface area contributed by atoms with E-state index in [1.54, 1.807) is 0 Å². The molecule has 70 valence electrons. The van der Waals surface area contributed by atoms with Crippen molar-refractivity contribution in [1.82, 2.24) is 0 Å². The van der Waals surface area contributed by atoms with E-state index < -0.39 is 0 Å². The van der Waals surface area contributed by atoms with Gasteiger partial charge in [0.05, 0.1) is 6.10 Å². The Morgan fingerprint density at radius 1 is 1.09 bits per heavy atom. The van der Waals surface area contributed by atoms with Gasteiger partial charge in [-0.05, 0) is 13.3 Å². The van der Waals surface area contributed by atoms with E-state index in [4.69, 9.17) is 10.2 Å². The Kier molecular flexibility index (Phi) is 15.4. The zero-order valence-corrected chi connectivity index (χ0v) is 8.01. The highest BCUT2D eigenvalue weighted by atomic mass is 16.3. The predicted molar refractivity (Wildman–Crippen MR) is 48.6 cm³/mol. The van der Waals surface area contributed by atoms with E-state index in [-0.39, 0.29) is 6.10 Å². The minimum Gasteiger partial charge on any atom is -0.400 e. The lowest BCUT2D eigenvalue weighted by molar-refractivity contribution is 0.180. The average Bonchev–Trinajstić information content (AvgIpc) is 2.02. The van der Waals surface area contributed by atoms with E-state index in [9.17, 15) is 0 Å². The summed E-state index contributed by atoms with van der Waals surface area (Å²) < 4.78 is 0. The molecule has 0 bridgehead atoms. The van der Waals surface area contributed by atoms with Crippen LogP contribution in [0.25, 0.3) is 0 Å². The van der Waals surface area contributed by atoms with Crippen molar-refractivity contribution < 1.29 is 10.2 Å². The summed E-state index contributed by atoms with van der Waals surface area (Å²) >= 11 is 0. The van der Waals surface area contributed by atoms with Gasteiger partial charge in [0, 0.05) is 7.11 Å². The van der Waals surface area contributed by atoms with Crippen molar-refractivity contribution in [2.75, 3.05) is 7.11 Å². The van der Waals surface area contributed by atoms with Gasteiger partial charge in [-0.3, -0.25) is 0 Å². The lowest BCUT2D eigenvalue weighted by Crippen LogP contribution is -1.97. The quantitative estimate of drug-likeness (QED) is 0.606. The molecule has 2 nitrogen and oxygen atoms in total. The smallest absolute Gasteiger partial charge is 0.0512 e. The van der Waals surface area contributed by atoms with Crippen LogP contribution in [-0.4, -0.2) is 23.4 Å². The number of aliphatic hydroxyl groups is 2. The number of hydrogen-bond acceptors (Lipinski definition) is 2. The minimum absolute atomic E-state index is 0.0955. The van der Waals surface area contributed by atoms with Crippen LogP contribution in [0.1, 0.15) is 46.0 Å². The molecule has 0 aromatic heterocycles. The van der Waals surface area contributed by atoms with Gasteiger partial charge in [0.15, 0.2) is 0 Å². The largest absolute Gasteiger partial charge is 0.400 e. The molecule has 2 N–H and O–H groups in total. The van der Waals surface area contributed by atoms with Gasteiger partial charge in [-0.1, -0.05) is 32.6 Å². The lowest BCUT2D eigenvalue weighted by Gasteiger charge is -2.01. The second-order valence-corrected chi connectivity index (χ2v) is 2.70. The highest BCUT2D eigenvalue weighted by Gasteiger charge is 1.93. The molecule has 0 saturated heterocycles. The maximum Gasteiger partial charge on any atom is 0.0512 e. The fourth-order valence-corrected chi connectivity index (χ4v) is 0.867. The van der Waals surface area contributed by atoms with Crippen LogP contribution in [-0.2, 0) is 0 Å². The van der Waals surface area contributed by atoms with Crippen molar-refractivity contribution in [1.29, 1.82) is 0 Å². The third-order valence-corrected chi connectivity index (χ3v) is 1.48. The summed E-state index contributed by atoms with van der Waals surface area (Å²) in [6, 6.07) is 0. The molecular formula is C9H22O2. The fourth-order valence-electron chi connectivity index (χ4n) is 0.867. The normalized spacial score (nSPS) is 11.7. The second kappa shape index (κ2) is 12.6. The SMILES string of the molecule is CCCCCCC(C)O.CO. The molecule has 0 heterocycles. The molecule has 0 aromatic carbocycles. The number of rotatable bonds is 5. The van der Waals surface area contributed by atoms with Crippen molar-refractivity contribution in [3.8, 4) is 0 Å². The van der Waals surface area contributed by atoms with Crippen molar-refractivity contribution in [2.24, 2.45) is 0 Å². The third-order valence-electron chi connectivity index (χ3n) is 1.48. The summed E-state index contributed by atoms with van der Waals surface area (Å²) in [5.74, 6) is 0. The summed E-state index contributed by atoms with van der Waals surface area (Å²) in [6.45, 7) is 4.05. The predicted octanol–water partition coefficient (Wildman–Crippen LogP) is 1.95. The van der Waals surface area contributed by atoms with E-state index >= 15 is 0 Å². The average molecular weight is 162 g/mol. The van der Waals surface area contributed by atoms with Crippen LogP contribution in [0.5, 0.6) is 0 Å². The molecule has 0 aliphatic rings. The van der Waals surface area contributed by atoms with E-state index in [2.05, 4.69) is 6.92 Å². The van der Waals surface area contributed by atoms with Crippen molar-refractivity contribution in [3.63, 3.8) is 0 Å². The van der Waals surface area contributed by atoms with E-state index in [1.807, 2.05) is 6.92 Å². The molecular weight excluding hydrogens is 140 g/mol. The molecule has 2 heteroatoms. The van der Waals surface area contributed by atoms with Crippen LogP contribution >= 0.6 is 0 Å². The van der Waals surface area contributed by atoms with Gasteiger partial charge in [-0.25, -0.2) is 0 Å². The molecule has 1 unspecified atom stereocenters. The molecule has 0 rings (SSSR count). The first-order valence-electron chi connectivity index (χ1n) is 4.40. The van der Waals surface area contributed by atoms with Gasteiger partial charge in [0.25, 0.3) is 0 Å². The van der Waals surface area contributed by atoms with Gasteiger partial charge < -0.3 is 10.2 Å². The second-order valence-electron chi connectivity index (χ2n) is 2.70. The van der Waals surface area contributed by atoms with Crippen molar-refractivity contribution in [2.45, 2.75) is 52.1 Å². The van der Waals surface area contributed by atoms with E-state index in [0.717, 1.165) is 13.5 Å². The first kappa shape index (κ1) is 13.5. The molecule has 0 aliphatic heterocycles. The summed E-state index contributed by atoms with van der Waals surface area (Å²) in [5.41, 5.74) is 0. The van der Waals surface area contributed by atoms with Crippen molar-refractivity contribution >= 4 is 0 Å². The zero-order chi connectivity index (χ0) is 9.11. The first-order valence-corrected chi connectivity index (χ1v) is 4.40. The summed E-state index contributed by atoms with van der Waals surface area (Å²) in [4.78, 5) is 0. The number of hydrogen-bond donors (Lipinski definition) is 2. The minimum atomic E-state index is -0.0955. The molecule has 11 heavy (non-hydrogen) atoms. The van der Waals surface area contributed by atoms with Gasteiger partial charge in [-0.15, -0.1) is 0 Å². The maximum absolute atomic E-state index is 8.85. The van der Waals surface area contributed by atoms with Crippen LogP contribution in [0.4, 0.5) is 0 Å². The lowest BCUT2D eigenvalue weighted by atomic mass is 10.1. The highest BCUT2D eigenvalue weighted by molar-refractivity contribution is 4.47. The zero-order valence-electron chi connectivity index (χ0n) is 8.01. The summed E-state index contributed by atoms with van der Waals surface area (Å²) in [5, 5.41) is 15.9. The number of aliphatic hydroxyl groups excluding tert-OH is 2. The van der Waals surface area contributed by atoms with Crippen LogP contribution < -0.4 is 0 Å². The molecule has 1 atom stereocenters. The van der Waals surface area contributed by atoms with E-state index in [0.29, 0.717) is 0 Å². The Balaban J connectivity index is 0. The van der Waals surface area contributed by atoms with Gasteiger partial charge in [0.2, 0.25) is 0 Å². The maximum atomic E-state index is 8.85. The van der Waals surface area contributed by atoms with Crippen LogP contribution in [0, 0.1) is 0 Å². The molecule has 0 aromatic rings. The van der Waals surface area contributed by atoms with Crippen LogP contribution in [0.2, 0.25) is 0 Å². The summed E-state index contributed by atoms with van der Waals surface area (Å²) in [6.07, 6.45) is 5.93. The highest BCUT2D eigenvalue weighted by Crippen LogP contribution is 2.04. The Bertz CT molecular complexity index is 53.5. The Morgan fingerprint density at radius 3 is 2.00 bits per heavy atom. The molecule has 0 radical (unpaired) electrons. The Hall–Kier alpha value is -0.0800. The molecule has 0 saturated carbocycles. The summed E-state index contributed by atoms with van der Waals surface area (Å²) in [7, 11) is 1.00.